The zero-order valence-corrected chi connectivity index (χ0v) is 16.3. The van der Waals surface area contributed by atoms with Gasteiger partial charge in [-0.3, -0.25) is 4.79 Å². The maximum absolute atomic E-state index is 12.5. The lowest BCUT2D eigenvalue weighted by Crippen LogP contribution is -2.46. The Morgan fingerprint density at radius 2 is 2.07 bits per heavy atom. The Morgan fingerprint density at radius 3 is 2.89 bits per heavy atom. The molecule has 3 heterocycles. The van der Waals surface area contributed by atoms with Gasteiger partial charge in [0.1, 0.15) is 5.75 Å². The molecule has 2 atom stereocenters. The van der Waals surface area contributed by atoms with Gasteiger partial charge >= 0.3 is 0 Å². The average molecular weight is 388 g/mol. The number of ether oxygens (including phenoxy) is 2. The van der Waals surface area contributed by atoms with Gasteiger partial charge in [-0.1, -0.05) is 12.1 Å². The Balaban J connectivity index is 1.59. The van der Waals surface area contributed by atoms with Crippen molar-refractivity contribution < 1.29 is 9.47 Å². The highest BCUT2D eigenvalue weighted by Gasteiger charge is 2.33. The summed E-state index contributed by atoms with van der Waals surface area (Å²) in [5.74, 6) is 3.16. The van der Waals surface area contributed by atoms with Crippen LogP contribution in [0.1, 0.15) is 18.9 Å². The molecule has 2 unspecified atom stereocenters. The minimum absolute atomic E-state index is 0.0855. The number of benzene rings is 1. The van der Waals surface area contributed by atoms with Crippen molar-refractivity contribution >= 4 is 11.8 Å². The Morgan fingerprint density at radius 1 is 1.22 bits per heavy atom. The molecular weight excluding hydrogens is 362 g/mol. The van der Waals surface area contributed by atoms with Crippen LogP contribution in [0.5, 0.6) is 5.75 Å². The number of hydrogen-bond acceptors (Lipinski definition) is 6. The first-order valence-corrected chi connectivity index (χ1v) is 10.6. The maximum atomic E-state index is 12.5. The van der Waals surface area contributed by atoms with Gasteiger partial charge in [-0.2, -0.15) is 16.9 Å². The number of hydrogen-bond donors (Lipinski definition) is 1. The molecule has 4 rings (SSSR count). The standard InChI is InChI=1S/C20H25N3O3S/c1-25-16-4-2-3-14(11-16)17-5-6-20(24)23(22-17)19-13-26-12-18(19)21-15-7-9-27-10-8-15/h2-6,11,15,18-19,21H,7-10,12-13H2,1H3. The summed E-state index contributed by atoms with van der Waals surface area (Å²) < 4.78 is 12.6. The van der Waals surface area contributed by atoms with Gasteiger partial charge in [0, 0.05) is 17.7 Å². The predicted octanol–water partition coefficient (Wildman–Crippen LogP) is 2.34. The third-order valence-corrected chi connectivity index (χ3v) is 6.28. The van der Waals surface area contributed by atoms with Crippen LogP contribution in [-0.4, -0.2) is 53.7 Å². The fourth-order valence-electron chi connectivity index (χ4n) is 3.71. The Hall–Kier alpha value is -1.83. The quantitative estimate of drug-likeness (QED) is 0.850. The van der Waals surface area contributed by atoms with Crippen molar-refractivity contribution in [1.29, 1.82) is 0 Å². The van der Waals surface area contributed by atoms with Gasteiger partial charge in [0.2, 0.25) is 0 Å². The lowest BCUT2D eigenvalue weighted by molar-refractivity contribution is 0.180. The molecule has 2 aromatic rings. The van der Waals surface area contributed by atoms with Crippen LogP contribution in [0, 0.1) is 0 Å². The summed E-state index contributed by atoms with van der Waals surface area (Å²) in [5, 5.41) is 8.38. The number of nitrogens with one attached hydrogen (secondary N) is 1. The van der Waals surface area contributed by atoms with E-state index >= 15 is 0 Å². The largest absolute Gasteiger partial charge is 0.497 e. The van der Waals surface area contributed by atoms with E-state index in [9.17, 15) is 4.79 Å². The second-order valence-corrected chi connectivity index (χ2v) is 8.22. The van der Waals surface area contributed by atoms with Gasteiger partial charge in [-0.05, 0) is 42.5 Å². The van der Waals surface area contributed by atoms with E-state index in [1.807, 2.05) is 36.0 Å². The third kappa shape index (κ3) is 4.20. The molecule has 27 heavy (non-hydrogen) atoms. The number of aromatic nitrogens is 2. The number of nitrogens with zero attached hydrogens (tertiary/aromatic N) is 2. The Kier molecular flexibility index (Phi) is 5.80. The molecule has 2 aliphatic heterocycles. The van der Waals surface area contributed by atoms with Crippen LogP contribution in [0.15, 0.2) is 41.2 Å². The molecule has 2 aliphatic rings. The third-order valence-electron chi connectivity index (χ3n) is 5.23. The van der Waals surface area contributed by atoms with Crippen LogP contribution in [0.25, 0.3) is 11.3 Å². The highest BCUT2D eigenvalue weighted by molar-refractivity contribution is 7.99. The molecule has 1 N–H and O–H groups in total. The van der Waals surface area contributed by atoms with Gasteiger partial charge in [0.05, 0.1) is 38.1 Å². The normalized spacial score (nSPS) is 23.4. The van der Waals surface area contributed by atoms with E-state index in [-0.39, 0.29) is 17.6 Å². The summed E-state index contributed by atoms with van der Waals surface area (Å²) in [6, 6.07) is 11.6. The SMILES string of the molecule is COc1cccc(-c2ccc(=O)n(C3COCC3NC3CCSCC3)n2)c1. The summed E-state index contributed by atoms with van der Waals surface area (Å²) in [6.45, 7) is 1.12. The van der Waals surface area contributed by atoms with Crippen LogP contribution in [0.3, 0.4) is 0 Å². The van der Waals surface area contributed by atoms with Crippen LogP contribution in [0.2, 0.25) is 0 Å². The van der Waals surface area contributed by atoms with Gasteiger partial charge < -0.3 is 14.8 Å². The summed E-state index contributed by atoms with van der Waals surface area (Å²) in [4.78, 5) is 12.5. The van der Waals surface area contributed by atoms with E-state index in [1.54, 1.807) is 23.9 Å². The second kappa shape index (κ2) is 8.46. The minimum Gasteiger partial charge on any atom is -0.497 e. The van der Waals surface area contributed by atoms with Gasteiger partial charge in [-0.25, -0.2) is 4.68 Å². The monoisotopic (exact) mass is 387 g/mol. The van der Waals surface area contributed by atoms with Crippen molar-refractivity contribution in [2.45, 2.75) is 31.0 Å². The van der Waals surface area contributed by atoms with E-state index in [0.29, 0.717) is 19.3 Å². The predicted molar refractivity (Wildman–Crippen MR) is 108 cm³/mol. The molecule has 0 amide bonds. The zero-order chi connectivity index (χ0) is 18.6. The molecule has 1 aromatic heterocycles. The molecular formula is C20H25N3O3S. The molecule has 0 aliphatic carbocycles. The van der Waals surface area contributed by atoms with Crippen LogP contribution in [-0.2, 0) is 4.74 Å². The van der Waals surface area contributed by atoms with E-state index in [1.165, 1.54) is 24.3 Å². The molecule has 0 saturated carbocycles. The summed E-state index contributed by atoms with van der Waals surface area (Å²) >= 11 is 2.01. The average Bonchev–Trinajstić information content (AvgIpc) is 3.17. The molecule has 0 spiro atoms. The van der Waals surface area contributed by atoms with Crippen molar-refractivity contribution in [3.8, 4) is 17.0 Å². The summed E-state index contributed by atoms with van der Waals surface area (Å²) in [6.07, 6.45) is 2.33. The maximum Gasteiger partial charge on any atom is 0.267 e. The first kappa shape index (κ1) is 18.5. The van der Waals surface area contributed by atoms with Crippen molar-refractivity contribution in [3.05, 3.63) is 46.8 Å². The summed E-state index contributed by atoms with van der Waals surface area (Å²) in [7, 11) is 1.64. The number of thioether (sulfide) groups is 1. The lowest BCUT2D eigenvalue weighted by atomic mass is 10.1. The first-order valence-electron chi connectivity index (χ1n) is 9.40. The first-order chi connectivity index (χ1) is 13.2. The topological polar surface area (TPSA) is 65.4 Å². The van der Waals surface area contributed by atoms with E-state index in [2.05, 4.69) is 10.4 Å². The van der Waals surface area contributed by atoms with Gasteiger partial charge in [0.25, 0.3) is 5.56 Å². The molecule has 144 valence electrons. The van der Waals surface area contributed by atoms with Crippen molar-refractivity contribution in [2.75, 3.05) is 31.8 Å². The van der Waals surface area contributed by atoms with Crippen molar-refractivity contribution in [2.24, 2.45) is 0 Å². The smallest absolute Gasteiger partial charge is 0.267 e. The Bertz CT molecular complexity index is 835. The molecule has 0 radical (unpaired) electrons. The van der Waals surface area contributed by atoms with Crippen LogP contribution >= 0.6 is 11.8 Å². The second-order valence-electron chi connectivity index (χ2n) is 7.00. The zero-order valence-electron chi connectivity index (χ0n) is 15.5. The highest BCUT2D eigenvalue weighted by Crippen LogP contribution is 2.25. The minimum atomic E-state index is -0.0943. The van der Waals surface area contributed by atoms with Crippen molar-refractivity contribution in [3.63, 3.8) is 0 Å². The molecule has 1 aromatic carbocycles. The number of methoxy groups -OCH3 is 1. The summed E-state index contributed by atoms with van der Waals surface area (Å²) in [5.41, 5.74) is 1.59. The fourth-order valence-corrected chi connectivity index (χ4v) is 4.82. The number of rotatable bonds is 5. The van der Waals surface area contributed by atoms with Crippen molar-refractivity contribution in [1.82, 2.24) is 15.1 Å². The lowest BCUT2D eigenvalue weighted by Gasteiger charge is -2.28. The highest BCUT2D eigenvalue weighted by atomic mass is 32.2. The van der Waals surface area contributed by atoms with Crippen LogP contribution in [0.4, 0.5) is 0 Å². The van der Waals surface area contributed by atoms with E-state index < -0.39 is 0 Å². The molecule has 7 heteroatoms. The van der Waals surface area contributed by atoms with Crippen LogP contribution < -0.4 is 15.6 Å². The molecule has 2 saturated heterocycles. The van der Waals surface area contributed by atoms with E-state index in [0.717, 1.165) is 17.0 Å². The molecule has 2 fully saturated rings. The Labute approximate surface area is 163 Å². The molecule has 0 bridgehead atoms. The van der Waals surface area contributed by atoms with Gasteiger partial charge in [-0.15, -0.1) is 0 Å². The fraction of sp³-hybridized carbons (Fsp3) is 0.500. The molecule has 6 nitrogen and oxygen atoms in total. The van der Waals surface area contributed by atoms with E-state index in [4.69, 9.17) is 9.47 Å². The van der Waals surface area contributed by atoms with Gasteiger partial charge in [0.15, 0.2) is 0 Å².